The second-order valence-electron chi connectivity index (χ2n) is 12.2. The average molecular weight is 681 g/mol. The molecule has 4 fully saturated rings. The van der Waals surface area contributed by atoms with Gasteiger partial charge in [-0.1, -0.05) is 74.6 Å². The summed E-state index contributed by atoms with van der Waals surface area (Å²) in [6, 6.07) is 0.765. The molecule has 0 aromatic carbocycles. The van der Waals surface area contributed by atoms with E-state index in [1.165, 1.54) is 36.4 Å². The van der Waals surface area contributed by atoms with Crippen LogP contribution in [0.3, 0.4) is 0 Å². The molecular weight excluding hydrogens is 633 g/mol. The quantitative estimate of drug-likeness (QED) is 0.115. The van der Waals surface area contributed by atoms with Crippen molar-refractivity contribution in [2.24, 2.45) is 0 Å². The summed E-state index contributed by atoms with van der Waals surface area (Å²) in [5.41, 5.74) is 0. The fourth-order valence-corrected chi connectivity index (χ4v) is 9.47. The van der Waals surface area contributed by atoms with Crippen molar-refractivity contribution in [1.82, 2.24) is 19.6 Å². The van der Waals surface area contributed by atoms with Crippen LogP contribution in [0.1, 0.15) is 117 Å². The lowest BCUT2D eigenvalue weighted by Gasteiger charge is -2.35. The summed E-state index contributed by atoms with van der Waals surface area (Å²) in [7, 11) is 0. The first-order chi connectivity index (χ1) is 21.3. The Labute approximate surface area is 282 Å². The monoisotopic (exact) mass is 680 g/mol. The van der Waals surface area contributed by atoms with Crippen LogP contribution in [0.2, 0.25) is 0 Å². The summed E-state index contributed by atoms with van der Waals surface area (Å²) in [5, 5.41) is 0. The largest absolute Gasteiger partial charge is 0.340 e. The molecule has 2 atom stereocenters. The molecule has 4 aliphatic heterocycles. The number of rotatable bonds is 14. The number of unbranched alkanes of at least 4 members (excludes halogenated alkanes) is 4. The molecule has 0 N–H and O–H groups in total. The van der Waals surface area contributed by atoms with Crippen LogP contribution in [0.25, 0.3) is 0 Å². The minimum Gasteiger partial charge on any atom is -0.340 e. The van der Waals surface area contributed by atoms with Crippen LogP contribution in [-0.2, 0) is 19.2 Å². The minimum atomic E-state index is -0.225. The van der Waals surface area contributed by atoms with E-state index in [2.05, 4.69) is 23.6 Å². The lowest BCUT2D eigenvalue weighted by atomic mass is 9.99. The molecule has 4 heterocycles. The number of carbonyl (C=O) groups is 4. The molecule has 12 heteroatoms. The Morgan fingerprint density at radius 2 is 1.07 bits per heavy atom. The molecule has 4 aliphatic rings. The van der Waals surface area contributed by atoms with E-state index in [-0.39, 0.29) is 23.6 Å². The molecule has 44 heavy (non-hydrogen) atoms. The van der Waals surface area contributed by atoms with E-state index >= 15 is 0 Å². The Hall–Kier alpha value is -1.50. The van der Waals surface area contributed by atoms with Gasteiger partial charge in [0.2, 0.25) is 11.8 Å². The lowest BCUT2D eigenvalue weighted by molar-refractivity contribution is -0.135. The third-order valence-electron chi connectivity index (χ3n) is 9.29. The van der Waals surface area contributed by atoms with Crippen LogP contribution in [0.5, 0.6) is 0 Å². The highest BCUT2D eigenvalue weighted by molar-refractivity contribution is 8.29. The van der Waals surface area contributed by atoms with E-state index in [4.69, 9.17) is 24.4 Å². The Kier molecular flexibility index (Phi) is 14.0. The molecule has 0 bridgehead atoms. The van der Waals surface area contributed by atoms with Gasteiger partial charge in [-0.05, 0) is 77.0 Å². The van der Waals surface area contributed by atoms with Gasteiger partial charge >= 0.3 is 0 Å². The van der Waals surface area contributed by atoms with Crippen molar-refractivity contribution in [3.8, 4) is 0 Å². The molecule has 0 saturated carbocycles. The van der Waals surface area contributed by atoms with E-state index in [9.17, 15) is 19.2 Å². The molecule has 4 saturated heterocycles. The highest BCUT2D eigenvalue weighted by atomic mass is 32.2. The Morgan fingerprint density at radius 3 is 1.45 bits per heavy atom. The number of hydrogen-bond donors (Lipinski definition) is 0. The van der Waals surface area contributed by atoms with Gasteiger partial charge in [0.15, 0.2) is 0 Å². The van der Waals surface area contributed by atoms with Crippen molar-refractivity contribution in [3.63, 3.8) is 0 Å². The Balaban J connectivity index is 1.18. The number of thioether (sulfide) groups is 2. The number of hydrogen-bond acceptors (Lipinski definition) is 8. The number of thiocarbonyl (C=S) groups is 2. The first-order valence-corrected chi connectivity index (χ1v) is 19.1. The van der Waals surface area contributed by atoms with Gasteiger partial charge in [-0.3, -0.25) is 29.0 Å². The predicted octanol–water partition coefficient (Wildman–Crippen LogP) is 6.62. The number of amides is 4. The number of carbonyl (C=O) groups excluding carboxylic acids is 4. The zero-order valence-electron chi connectivity index (χ0n) is 26.4. The van der Waals surface area contributed by atoms with E-state index in [0.29, 0.717) is 56.5 Å². The lowest BCUT2D eigenvalue weighted by Crippen LogP contribution is -2.43. The molecule has 0 radical (unpaired) electrons. The van der Waals surface area contributed by atoms with Gasteiger partial charge in [-0.25, -0.2) is 0 Å². The summed E-state index contributed by atoms with van der Waals surface area (Å²) in [6.45, 7) is 7.03. The number of likely N-dealkylation sites (tertiary alicyclic amines) is 2. The maximum atomic E-state index is 13.3. The van der Waals surface area contributed by atoms with Crippen molar-refractivity contribution >= 4 is 80.2 Å². The first kappa shape index (κ1) is 35.4. The molecule has 0 aromatic rings. The van der Waals surface area contributed by atoms with E-state index in [1.54, 1.807) is 9.80 Å². The molecule has 0 aliphatic carbocycles. The van der Waals surface area contributed by atoms with Crippen molar-refractivity contribution in [1.29, 1.82) is 0 Å². The van der Waals surface area contributed by atoms with Gasteiger partial charge in [0, 0.05) is 51.1 Å². The maximum absolute atomic E-state index is 13.3. The second kappa shape index (κ2) is 17.4. The van der Waals surface area contributed by atoms with E-state index < -0.39 is 0 Å². The van der Waals surface area contributed by atoms with Crippen LogP contribution >= 0.6 is 48.0 Å². The summed E-state index contributed by atoms with van der Waals surface area (Å²) < 4.78 is 0.934. The standard InChI is InChI=1S/C32H48N4O4S4/c1-3-23-15-9-13-19-33(23)25(37)17-7-5-11-21-35-29(39)27(43-31(35)41)28-30(40)36(32(42)44-28)22-12-6-8-18-26(38)34-20-14-10-16-24(34)4-2/h23-24H,3-22H2,1-2H3/b28-27+/t23-,24+. The fraction of sp³-hybridized carbons (Fsp3) is 0.750. The van der Waals surface area contributed by atoms with Crippen molar-refractivity contribution in [3.05, 3.63) is 9.81 Å². The van der Waals surface area contributed by atoms with E-state index in [1.807, 2.05) is 0 Å². The molecule has 244 valence electrons. The van der Waals surface area contributed by atoms with Crippen LogP contribution < -0.4 is 0 Å². The van der Waals surface area contributed by atoms with Gasteiger partial charge < -0.3 is 9.80 Å². The van der Waals surface area contributed by atoms with Crippen LogP contribution in [0.15, 0.2) is 9.81 Å². The third-order valence-corrected chi connectivity index (χ3v) is 12.3. The summed E-state index contributed by atoms with van der Waals surface area (Å²) >= 11 is 13.4. The number of piperidine rings is 2. The fourth-order valence-electron chi connectivity index (χ4n) is 6.70. The second-order valence-corrected chi connectivity index (χ2v) is 15.5. The molecule has 0 unspecified atom stereocenters. The molecule has 0 spiro atoms. The van der Waals surface area contributed by atoms with Gasteiger partial charge in [0.1, 0.15) is 8.64 Å². The van der Waals surface area contributed by atoms with Crippen LogP contribution in [0, 0.1) is 0 Å². The van der Waals surface area contributed by atoms with Gasteiger partial charge in [-0.2, -0.15) is 0 Å². The predicted molar refractivity (Wildman–Crippen MR) is 187 cm³/mol. The smallest absolute Gasteiger partial charge is 0.267 e. The van der Waals surface area contributed by atoms with Crippen LogP contribution in [-0.4, -0.2) is 90.1 Å². The molecular formula is C32H48N4O4S4. The normalized spacial score (nSPS) is 24.7. The Bertz CT molecular complexity index is 1060. The highest BCUT2D eigenvalue weighted by Crippen LogP contribution is 2.42. The summed E-state index contributed by atoms with van der Waals surface area (Å²) in [4.78, 5) is 60.1. The number of nitrogens with zero attached hydrogens (tertiary/aromatic N) is 4. The Morgan fingerprint density at radius 1 is 0.659 bits per heavy atom. The SMILES string of the molecule is CC[C@@H]1CCCCN1C(=O)CCCCCN1C(=O)/C(=C2\SC(=S)N(CCCCCC(=O)N3CCCC[C@@H]3CC)C2=O)SC1=S. The maximum Gasteiger partial charge on any atom is 0.267 e. The summed E-state index contributed by atoms with van der Waals surface area (Å²) in [6.07, 6.45) is 14.7. The topological polar surface area (TPSA) is 81.2 Å². The molecule has 8 nitrogen and oxygen atoms in total. The average Bonchev–Trinajstić information content (AvgIpc) is 3.48. The molecule has 4 amide bonds. The van der Waals surface area contributed by atoms with Crippen molar-refractivity contribution < 1.29 is 19.2 Å². The van der Waals surface area contributed by atoms with Crippen molar-refractivity contribution in [2.45, 2.75) is 129 Å². The van der Waals surface area contributed by atoms with Gasteiger partial charge in [0.25, 0.3) is 11.8 Å². The van der Waals surface area contributed by atoms with E-state index in [0.717, 1.165) is 90.1 Å². The zero-order valence-corrected chi connectivity index (χ0v) is 29.6. The van der Waals surface area contributed by atoms with Crippen molar-refractivity contribution in [2.75, 3.05) is 26.2 Å². The van der Waals surface area contributed by atoms with Crippen LogP contribution in [0.4, 0.5) is 0 Å². The highest BCUT2D eigenvalue weighted by Gasteiger charge is 2.41. The molecule has 4 rings (SSSR count). The molecule has 0 aromatic heterocycles. The van der Waals surface area contributed by atoms with Gasteiger partial charge in [0.05, 0.1) is 9.81 Å². The minimum absolute atomic E-state index is 0.225. The summed E-state index contributed by atoms with van der Waals surface area (Å²) in [5.74, 6) is 0.0510. The van der Waals surface area contributed by atoms with Gasteiger partial charge in [-0.15, -0.1) is 0 Å². The third kappa shape index (κ3) is 8.85. The zero-order chi connectivity index (χ0) is 31.6. The first-order valence-electron chi connectivity index (χ1n) is 16.7.